The Morgan fingerprint density at radius 3 is 2.37 bits per heavy atom. The lowest BCUT2D eigenvalue weighted by molar-refractivity contribution is 0.281. The quantitative estimate of drug-likeness (QED) is 0.843. The zero-order valence-electron chi connectivity index (χ0n) is 11.4. The lowest BCUT2D eigenvalue weighted by atomic mass is 9.98. The minimum absolute atomic E-state index is 0.332. The molecule has 6 heteroatoms. The second-order valence-corrected chi connectivity index (χ2v) is 6.45. The number of aliphatic hydroxyl groups excluding tert-OH is 1. The predicted molar refractivity (Wildman–Crippen MR) is 71.6 cm³/mol. The van der Waals surface area contributed by atoms with Crippen molar-refractivity contribution in [1.29, 1.82) is 0 Å². The van der Waals surface area contributed by atoms with Crippen LogP contribution in [0.1, 0.15) is 39.2 Å². The van der Waals surface area contributed by atoms with Crippen molar-refractivity contribution in [3.8, 4) is 0 Å². The van der Waals surface area contributed by atoms with Crippen LogP contribution in [0.4, 0.5) is 4.39 Å². The van der Waals surface area contributed by atoms with E-state index in [9.17, 15) is 12.8 Å². The fourth-order valence-electron chi connectivity index (χ4n) is 1.63. The fourth-order valence-corrected chi connectivity index (χ4v) is 3.30. The zero-order chi connectivity index (χ0) is 14.7. The van der Waals surface area contributed by atoms with Gasteiger partial charge in [-0.3, -0.25) is 0 Å². The van der Waals surface area contributed by atoms with Gasteiger partial charge in [0, 0.05) is 5.54 Å². The van der Waals surface area contributed by atoms with Crippen LogP contribution in [0.2, 0.25) is 0 Å². The molecule has 1 aromatic carbocycles. The maximum Gasteiger partial charge on any atom is 0.243 e. The van der Waals surface area contributed by atoms with E-state index in [-0.39, 0.29) is 6.61 Å². The van der Waals surface area contributed by atoms with E-state index in [1.54, 1.807) is 6.92 Å². The fraction of sp³-hybridized carbons (Fsp3) is 0.538. The molecule has 0 spiro atoms. The Bertz CT molecular complexity index is 539. The van der Waals surface area contributed by atoms with E-state index >= 15 is 0 Å². The molecule has 0 amide bonds. The van der Waals surface area contributed by atoms with Crippen LogP contribution in [0.15, 0.2) is 23.1 Å². The molecule has 0 fully saturated rings. The molecule has 108 valence electrons. The van der Waals surface area contributed by atoms with Gasteiger partial charge in [0.25, 0.3) is 0 Å². The molecular weight excluding hydrogens is 269 g/mol. The van der Waals surface area contributed by atoms with E-state index in [0.717, 1.165) is 12.1 Å². The predicted octanol–water partition coefficient (Wildman–Crippen LogP) is 2.17. The Labute approximate surface area is 113 Å². The third-order valence-corrected chi connectivity index (χ3v) is 5.06. The first-order chi connectivity index (χ1) is 8.78. The summed E-state index contributed by atoms with van der Waals surface area (Å²) in [6, 6.07) is 3.56. The molecule has 0 radical (unpaired) electrons. The Morgan fingerprint density at radius 2 is 1.89 bits per heavy atom. The highest BCUT2D eigenvalue weighted by atomic mass is 32.2. The van der Waals surface area contributed by atoms with Crippen molar-refractivity contribution in [1.82, 2.24) is 4.72 Å². The van der Waals surface area contributed by atoms with Gasteiger partial charge in [-0.1, -0.05) is 19.9 Å². The third-order valence-electron chi connectivity index (χ3n) is 3.41. The van der Waals surface area contributed by atoms with Crippen molar-refractivity contribution in [2.75, 3.05) is 0 Å². The van der Waals surface area contributed by atoms with Gasteiger partial charge >= 0.3 is 0 Å². The second kappa shape index (κ2) is 5.98. The number of nitrogens with one attached hydrogen (secondary N) is 1. The van der Waals surface area contributed by atoms with Gasteiger partial charge in [0.05, 0.1) is 6.61 Å². The van der Waals surface area contributed by atoms with Crippen molar-refractivity contribution in [2.24, 2.45) is 0 Å². The standard InChI is InChI=1S/C13H20FNO3S/c1-4-13(3,5-2)15-19(17,18)12-8-10(9-16)6-7-11(12)14/h6-8,15-16H,4-5,9H2,1-3H3. The number of rotatable bonds is 6. The number of hydrogen-bond acceptors (Lipinski definition) is 3. The highest BCUT2D eigenvalue weighted by Crippen LogP contribution is 2.21. The third kappa shape index (κ3) is 3.75. The van der Waals surface area contributed by atoms with Crippen LogP contribution >= 0.6 is 0 Å². The van der Waals surface area contributed by atoms with E-state index in [2.05, 4.69) is 4.72 Å². The molecule has 0 saturated heterocycles. The Morgan fingerprint density at radius 1 is 1.32 bits per heavy atom. The molecule has 2 N–H and O–H groups in total. The van der Waals surface area contributed by atoms with Crippen LogP contribution in [0, 0.1) is 5.82 Å². The molecule has 0 aliphatic carbocycles. The summed E-state index contributed by atoms with van der Waals surface area (Å²) in [6.45, 7) is 5.18. The van der Waals surface area contributed by atoms with Crippen molar-refractivity contribution < 1.29 is 17.9 Å². The minimum Gasteiger partial charge on any atom is -0.392 e. The molecule has 0 atom stereocenters. The Kier molecular flexibility index (Phi) is 5.06. The summed E-state index contributed by atoms with van der Waals surface area (Å²) in [7, 11) is -3.94. The maximum absolute atomic E-state index is 13.7. The van der Waals surface area contributed by atoms with E-state index in [1.165, 1.54) is 6.07 Å². The van der Waals surface area contributed by atoms with E-state index in [4.69, 9.17) is 5.11 Å². The van der Waals surface area contributed by atoms with Crippen molar-refractivity contribution in [2.45, 2.75) is 50.7 Å². The van der Waals surface area contributed by atoms with Gasteiger partial charge in [-0.05, 0) is 37.5 Å². The highest BCUT2D eigenvalue weighted by Gasteiger charge is 2.29. The lowest BCUT2D eigenvalue weighted by Gasteiger charge is -2.27. The van der Waals surface area contributed by atoms with Gasteiger partial charge in [-0.2, -0.15) is 0 Å². The average Bonchev–Trinajstić information content (AvgIpc) is 2.38. The molecule has 0 unspecified atom stereocenters. The second-order valence-electron chi connectivity index (χ2n) is 4.80. The number of sulfonamides is 1. The first-order valence-electron chi connectivity index (χ1n) is 6.21. The first kappa shape index (κ1) is 16.1. The summed E-state index contributed by atoms with van der Waals surface area (Å²) in [6.07, 6.45) is 1.20. The number of hydrogen-bond donors (Lipinski definition) is 2. The van der Waals surface area contributed by atoms with Crippen LogP contribution in [-0.4, -0.2) is 19.1 Å². The van der Waals surface area contributed by atoms with Gasteiger partial charge in [-0.15, -0.1) is 0 Å². The zero-order valence-corrected chi connectivity index (χ0v) is 12.2. The smallest absolute Gasteiger partial charge is 0.243 e. The van der Waals surface area contributed by atoms with Crippen molar-refractivity contribution in [3.63, 3.8) is 0 Å². The van der Waals surface area contributed by atoms with Crippen LogP contribution in [0.3, 0.4) is 0 Å². The van der Waals surface area contributed by atoms with Crippen molar-refractivity contribution >= 4 is 10.0 Å². The monoisotopic (exact) mass is 289 g/mol. The molecule has 0 aliphatic rings. The van der Waals surface area contributed by atoms with Crippen LogP contribution in [0.25, 0.3) is 0 Å². The lowest BCUT2D eigenvalue weighted by Crippen LogP contribution is -2.45. The van der Waals surface area contributed by atoms with Gasteiger partial charge in [0.2, 0.25) is 10.0 Å². The topological polar surface area (TPSA) is 66.4 Å². The summed E-state index contributed by atoms with van der Waals surface area (Å²) in [5, 5.41) is 9.01. The van der Waals surface area contributed by atoms with Crippen molar-refractivity contribution in [3.05, 3.63) is 29.6 Å². The molecule has 19 heavy (non-hydrogen) atoms. The molecule has 0 saturated carbocycles. The number of aliphatic hydroxyl groups is 1. The average molecular weight is 289 g/mol. The van der Waals surface area contributed by atoms with Crippen LogP contribution < -0.4 is 4.72 Å². The largest absolute Gasteiger partial charge is 0.392 e. The molecular formula is C13H20FNO3S. The summed E-state index contributed by atoms with van der Waals surface area (Å²) in [5.74, 6) is -0.820. The molecule has 0 bridgehead atoms. The summed E-state index contributed by atoms with van der Waals surface area (Å²) >= 11 is 0. The van der Waals surface area contributed by atoms with Gasteiger partial charge in [0.15, 0.2) is 0 Å². The summed E-state index contributed by atoms with van der Waals surface area (Å²) in [5.41, 5.74) is -0.253. The molecule has 4 nitrogen and oxygen atoms in total. The summed E-state index contributed by atoms with van der Waals surface area (Å²) < 4.78 is 40.7. The minimum atomic E-state index is -3.94. The Balaban J connectivity index is 3.20. The van der Waals surface area contributed by atoms with Gasteiger partial charge < -0.3 is 5.11 Å². The molecule has 0 aromatic heterocycles. The van der Waals surface area contributed by atoms with Gasteiger partial charge in [-0.25, -0.2) is 17.5 Å². The molecule has 1 aromatic rings. The SMILES string of the molecule is CCC(C)(CC)NS(=O)(=O)c1cc(CO)ccc1F. The van der Waals surface area contributed by atoms with E-state index in [1.807, 2.05) is 13.8 Å². The van der Waals surface area contributed by atoms with Gasteiger partial charge in [0.1, 0.15) is 10.7 Å². The molecule has 1 rings (SSSR count). The number of halogens is 1. The van der Waals surface area contributed by atoms with Crippen LogP contribution in [-0.2, 0) is 16.6 Å². The van der Waals surface area contributed by atoms with E-state index in [0.29, 0.717) is 18.4 Å². The highest BCUT2D eigenvalue weighted by molar-refractivity contribution is 7.89. The molecule has 0 aliphatic heterocycles. The van der Waals surface area contributed by atoms with E-state index < -0.39 is 26.3 Å². The molecule has 0 heterocycles. The first-order valence-corrected chi connectivity index (χ1v) is 7.69. The maximum atomic E-state index is 13.7. The van der Waals surface area contributed by atoms with Crippen LogP contribution in [0.5, 0.6) is 0 Å². The normalized spacial score (nSPS) is 12.7. The summed E-state index contributed by atoms with van der Waals surface area (Å²) in [4.78, 5) is -0.424. The number of benzene rings is 1. The Hall–Kier alpha value is -0.980.